The molecule has 0 aliphatic carbocycles. The summed E-state index contributed by atoms with van der Waals surface area (Å²) in [4.78, 5) is 25.0. The van der Waals surface area contributed by atoms with E-state index in [0.717, 1.165) is 22.3 Å². The number of nitro groups is 1. The van der Waals surface area contributed by atoms with Crippen molar-refractivity contribution >= 4 is 70.5 Å². The van der Waals surface area contributed by atoms with Crippen LogP contribution in [-0.2, 0) is 20.0 Å². The smallest absolute Gasteiger partial charge is 0.293 e. The van der Waals surface area contributed by atoms with Crippen LogP contribution in [0.5, 0.6) is 0 Å². The lowest BCUT2D eigenvalue weighted by atomic mass is 9.97. The molecule has 0 fully saturated rings. The summed E-state index contributed by atoms with van der Waals surface area (Å²) in [5.74, 6) is -0.360. The molecule has 4 aromatic carbocycles. The number of thiophene rings is 1. The lowest BCUT2D eigenvalue weighted by molar-refractivity contribution is -0.384. The van der Waals surface area contributed by atoms with Crippen molar-refractivity contribution < 1.29 is 26.6 Å². The topological polar surface area (TPSA) is 179 Å². The number of anilines is 1. The number of thioether (sulfide) groups is 1. The zero-order valence-electron chi connectivity index (χ0n) is 22.7. The molecule has 15 heteroatoms. The molecule has 1 amide bonds. The second-order valence-corrected chi connectivity index (χ2v) is 15.1. The van der Waals surface area contributed by atoms with Gasteiger partial charge in [-0.05, 0) is 53.6 Å². The zero-order chi connectivity index (χ0) is 31.5. The summed E-state index contributed by atoms with van der Waals surface area (Å²) in [6.07, 6.45) is 0. The number of sulfonamides is 2. The highest BCUT2D eigenvalue weighted by Gasteiger charge is 2.25. The van der Waals surface area contributed by atoms with Gasteiger partial charge in [0.15, 0.2) is 0 Å². The van der Waals surface area contributed by atoms with Crippen molar-refractivity contribution in [1.29, 1.82) is 0 Å². The van der Waals surface area contributed by atoms with Gasteiger partial charge in [0, 0.05) is 38.9 Å². The molecular weight excluding hydrogens is 645 g/mol. The van der Waals surface area contributed by atoms with Gasteiger partial charge in [-0.2, -0.15) is 0 Å². The van der Waals surface area contributed by atoms with E-state index in [1.54, 1.807) is 48.2 Å². The van der Waals surface area contributed by atoms with Gasteiger partial charge in [-0.15, -0.1) is 23.1 Å². The van der Waals surface area contributed by atoms with Crippen LogP contribution < -0.4 is 15.2 Å². The number of hydrogen-bond donors (Lipinski definition) is 3. The molecular formula is C29H24N4O7S4. The Labute approximate surface area is 261 Å². The summed E-state index contributed by atoms with van der Waals surface area (Å²) in [6.45, 7) is 0.385. The van der Waals surface area contributed by atoms with Crippen molar-refractivity contribution in [1.82, 2.24) is 4.72 Å². The van der Waals surface area contributed by atoms with Crippen LogP contribution in [0.2, 0.25) is 0 Å². The second kappa shape index (κ2) is 12.8. The van der Waals surface area contributed by atoms with E-state index in [4.69, 9.17) is 5.14 Å². The minimum atomic E-state index is -4.53. The van der Waals surface area contributed by atoms with Crippen LogP contribution in [0, 0.1) is 10.1 Å². The Bertz CT molecular complexity index is 2100. The van der Waals surface area contributed by atoms with Crippen LogP contribution in [0.25, 0.3) is 21.2 Å². The van der Waals surface area contributed by atoms with Crippen LogP contribution in [0.1, 0.15) is 10.4 Å². The third-order valence-electron chi connectivity index (χ3n) is 6.41. The van der Waals surface area contributed by atoms with Crippen molar-refractivity contribution in [3.05, 3.63) is 113 Å². The highest BCUT2D eigenvalue weighted by molar-refractivity contribution is 7.99. The average molecular weight is 669 g/mol. The molecule has 0 atom stereocenters. The number of fused-ring (bicyclic) bond motifs is 1. The zero-order valence-corrected chi connectivity index (χ0v) is 25.9. The van der Waals surface area contributed by atoms with E-state index in [1.165, 1.54) is 24.3 Å². The Morgan fingerprint density at radius 1 is 0.886 bits per heavy atom. The first-order valence-corrected chi connectivity index (χ1v) is 17.7. The van der Waals surface area contributed by atoms with Crippen molar-refractivity contribution in [2.75, 3.05) is 17.6 Å². The van der Waals surface area contributed by atoms with Crippen molar-refractivity contribution in [3.63, 3.8) is 0 Å². The third-order valence-corrected chi connectivity index (χ3v) is 11.3. The molecule has 0 spiro atoms. The van der Waals surface area contributed by atoms with E-state index in [9.17, 15) is 31.7 Å². The molecule has 0 saturated heterocycles. The lowest BCUT2D eigenvalue weighted by Crippen LogP contribution is -2.31. The van der Waals surface area contributed by atoms with Crippen LogP contribution in [-0.4, -0.2) is 40.0 Å². The first-order chi connectivity index (χ1) is 20.9. The summed E-state index contributed by atoms with van der Waals surface area (Å²) >= 11 is 2.53. The molecule has 0 aliphatic heterocycles. The molecule has 0 bridgehead atoms. The Kier molecular flexibility index (Phi) is 9.03. The normalized spacial score (nSPS) is 11.8. The Balaban J connectivity index is 1.38. The summed E-state index contributed by atoms with van der Waals surface area (Å²) in [5.41, 5.74) is 0.523. The van der Waals surface area contributed by atoms with Gasteiger partial charge in [-0.25, -0.2) is 26.7 Å². The quantitative estimate of drug-likeness (QED) is 0.0715. The lowest BCUT2D eigenvalue weighted by Gasteiger charge is -2.13. The first kappa shape index (κ1) is 31.2. The molecule has 4 N–H and O–H groups in total. The fourth-order valence-electron chi connectivity index (χ4n) is 4.42. The number of nitro benzene ring substituents is 1. The van der Waals surface area contributed by atoms with Gasteiger partial charge in [-0.3, -0.25) is 14.9 Å². The number of primary sulfonamides is 1. The maximum atomic E-state index is 13.4. The summed E-state index contributed by atoms with van der Waals surface area (Å²) in [7, 11) is -8.50. The molecule has 0 aliphatic rings. The molecule has 226 valence electrons. The van der Waals surface area contributed by atoms with Gasteiger partial charge >= 0.3 is 0 Å². The minimum Gasteiger partial charge on any atom is -0.379 e. The molecule has 11 nitrogen and oxygen atoms in total. The number of nitrogens with one attached hydrogen (secondary N) is 2. The predicted molar refractivity (Wildman–Crippen MR) is 172 cm³/mol. The molecule has 5 aromatic rings. The fraction of sp³-hybridized carbons (Fsp3) is 0.0690. The van der Waals surface area contributed by atoms with Crippen LogP contribution in [0.15, 0.2) is 111 Å². The van der Waals surface area contributed by atoms with Crippen molar-refractivity contribution in [2.24, 2.45) is 5.14 Å². The van der Waals surface area contributed by atoms with Crippen LogP contribution in [0.3, 0.4) is 0 Å². The summed E-state index contributed by atoms with van der Waals surface area (Å²) < 4.78 is 52.9. The fourth-order valence-corrected chi connectivity index (χ4v) is 8.03. The van der Waals surface area contributed by atoms with Gasteiger partial charge in [0.05, 0.1) is 9.82 Å². The Morgan fingerprint density at radius 3 is 2.32 bits per heavy atom. The van der Waals surface area contributed by atoms with Gasteiger partial charge in [0.25, 0.3) is 21.6 Å². The molecule has 44 heavy (non-hydrogen) atoms. The second-order valence-electron chi connectivity index (χ2n) is 9.33. The van der Waals surface area contributed by atoms with E-state index in [1.807, 2.05) is 35.1 Å². The van der Waals surface area contributed by atoms with Gasteiger partial charge in [0.2, 0.25) is 10.0 Å². The van der Waals surface area contributed by atoms with Gasteiger partial charge in [-0.1, -0.05) is 48.5 Å². The number of carbonyl (C=O) groups is 1. The summed E-state index contributed by atoms with van der Waals surface area (Å²) in [5, 5.41) is 20.6. The van der Waals surface area contributed by atoms with Crippen molar-refractivity contribution in [2.45, 2.75) is 14.0 Å². The molecule has 1 heterocycles. The minimum absolute atomic E-state index is 0.00404. The van der Waals surface area contributed by atoms with Gasteiger partial charge < -0.3 is 5.32 Å². The number of nitrogens with zero attached hydrogens (tertiary/aromatic N) is 1. The molecule has 1 aromatic heterocycles. The molecule has 0 saturated carbocycles. The summed E-state index contributed by atoms with van der Waals surface area (Å²) in [6, 6.07) is 25.7. The number of benzene rings is 4. The average Bonchev–Trinajstić information content (AvgIpc) is 3.45. The number of nitrogens with two attached hydrogens (primary N) is 1. The van der Waals surface area contributed by atoms with E-state index in [2.05, 4.69) is 5.32 Å². The standard InChI is InChI=1S/C29H24N4O7S4/c30-43(37,38)28-18-24-22(11-6-12-27(24)42-28)21-9-4-5-10-23(21)29(34)32-44(39,40)20-13-14-25(26(17-20)33(35)36)31-15-16-41-19-7-2-1-3-8-19/h1-14,17-18,31H,15-16H2,(H,32,34)(H2,30,37,38). The third kappa shape index (κ3) is 6.92. The van der Waals surface area contributed by atoms with Crippen molar-refractivity contribution in [3.8, 4) is 11.1 Å². The van der Waals surface area contributed by atoms with E-state index >= 15 is 0 Å². The maximum absolute atomic E-state index is 13.4. The molecule has 0 unspecified atom stereocenters. The SMILES string of the molecule is NS(=O)(=O)c1cc2c(-c3ccccc3C(=O)NS(=O)(=O)c3ccc(NCCSc4ccccc4)c([N+](=O)[O-])c3)cccc2s1. The van der Waals surface area contributed by atoms with Crippen LogP contribution in [0.4, 0.5) is 11.4 Å². The predicted octanol–water partition coefficient (Wildman–Crippen LogP) is 5.45. The van der Waals surface area contributed by atoms with E-state index in [-0.39, 0.29) is 15.5 Å². The number of rotatable bonds is 11. The Morgan fingerprint density at radius 2 is 1.59 bits per heavy atom. The number of hydrogen-bond acceptors (Lipinski definition) is 10. The molecule has 0 radical (unpaired) electrons. The molecule has 5 rings (SSSR count). The van der Waals surface area contributed by atoms with E-state index in [0.29, 0.717) is 33.5 Å². The maximum Gasteiger partial charge on any atom is 0.293 e. The highest BCUT2D eigenvalue weighted by atomic mass is 32.2. The van der Waals surface area contributed by atoms with E-state index < -0.39 is 41.5 Å². The van der Waals surface area contributed by atoms with Gasteiger partial charge in [0.1, 0.15) is 9.90 Å². The first-order valence-electron chi connectivity index (χ1n) is 12.9. The monoisotopic (exact) mass is 668 g/mol. The highest BCUT2D eigenvalue weighted by Crippen LogP contribution is 2.37. The largest absolute Gasteiger partial charge is 0.379 e. The number of carbonyl (C=O) groups excluding carboxylic acids is 1. The Hall–Kier alpha value is -4.28. The number of amides is 1. The van der Waals surface area contributed by atoms with Crippen LogP contribution >= 0.6 is 23.1 Å².